The molecule has 8 heteroatoms. The summed E-state index contributed by atoms with van der Waals surface area (Å²) in [6.45, 7) is 0.144. The first-order chi connectivity index (χ1) is 15.6. The first-order valence-corrected chi connectivity index (χ1v) is 10.4. The van der Waals surface area contributed by atoms with E-state index in [9.17, 15) is 9.59 Å². The molecule has 2 N–H and O–H groups in total. The van der Waals surface area contributed by atoms with Crippen molar-refractivity contribution in [1.29, 1.82) is 0 Å². The van der Waals surface area contributed by atoms with Crippen LogP contribution in [0.5, 0.6) is 11.5 Å². The minimum atomic E-state index is -0.569. The van der Waals surface area contributed by atoms with Crippen LogP contribution >= 0.6 is 15.9 Å². The van der Waals surface area contributed by atoms with Gasteiger partial charge in [-0.2, -0.15) is 5.10 Å². The molecule has 0 atom stereocenters. The van der Waals surface area contributed by atoms with Gasteiger partial charge in [0.25, 0.3) is 11.8 Å². The van der Waals surface area contributed by atoms with Crippen LogP contribution < -0.4 is 20.2 Å². The highest BCUT2D eigenvalue weighted by molar-refractivity contribution is 9.10. The Morgan fingerprint density at radius 2 is 1.62 bits per heavy atom. The van der Waals surface area contributed by atoms with E-state index in [1.807, 2.05) is 30.3 Å². The van der Waals surface area contributed by atoms with Crippen molar-refractivity contribution >= 4 is 40.0 Å². The molecule has 0 aliphatic carbocycles. The maximum Gasteiger partial charge on any atom is 0.287 e. The van der Waals surface area contributed by atoms with Gasteiger partial charge in [0.1, 0.15) is 5.70 Å². The summed E-state index contributed by atoms with van der Waals surface area (Å²) in [5.74, 6) is 0.215. The van der Waals surface area contributed by atoms with Crippen molar-refractivity contribution in [2.24, 2.45) is 5.10 Å². The van der Waals surface area contributed by atoms with Gasteiger partial charge in [-0.25, -0.2) is 5.43 Å². The molecule has 3 aromatic carbocycles. The van der Waals surface area contributed by atoms with Gasteiger partial charge in [0, 0.05) is 10.0 Å². The molecule has 160 valence electrons. The molecule has 0 saturated carbocycles. The summed E-state index contributed by atoms with van der Waals surface area (Å²) in [6.07, 6.45) is 3.06. The Kier molecular flexibility index (Phi) is 6.62. The van der Waals surface area contributed by atoms with Crippen molar-refractivity contribution in [3.63, 3.8) is 0 Å². The van der Waals surface area contributed by atoms with Crippen molar-refractivity contribution in [3.05, 3.63) is 99.7 Å². The van der Waals surface area contributed by atoms with Crippen molar-refractivity contribution in [1.82, 2.24) is 10.7 Å². The van der Waals surface area contributed by atoms with Crippen LogP contribution in [-0.4, -0.2) is 24.8 Å². The molecule has 4 rings (SSSR count). The number of nitrogens with one attached hydrogen (secondary N) is 2. The molecule has 0 radical (unpaired) electrons. The zero-order chi connectivity index (χ0) is 22.3. The number of rotatable bonds is 6. The summed E-state index contributed by atoms with van der Waals surface area (Å²) in [4.78, 5) is 25.5. The standard InChI is InChI=1S/C24H18BrN3O4/c25-19-9-6-16(7-10-19)14-26-28-24(30)20(27-23(29)18-4-2-1-3-5-18)12-17-8-11-21-22(13-17)32-15-31-21/h1-14H,15H2,(H,27,29)(H,28,30)/b20-12+,26-14+. The Bertz CT molecular complexity index is 1190. The van der Waals surface area contributed by atoms with Crippen LogP contribution in [0.3, 0.4) is 0 Å². The Morgan fingerprint density at radius 1 is 0.906 bits per heavy atom. The number of fused-ring (bicyclic) bond motifs is 1. The summed E-state index contributed by atoms with van der Waals surface area (Å²) < 4.78 is 11.6. The number of ether oxygens (including phenoxy) is 2. The van der Waals surface area contributed by atoms with Crippen molar-refractivity contribution in [2.75, 3.05) is 6.79 Å². The maximum absolute atomic E-state index is 12.8. The lowest BCUT2D eigenvalue weighted by molar-refractivity contribution is -0.117. The summed E-state index contributed by atoms with van der Waals surface area (Å²) in [5, 5.41) is 6.66. The minimum absolute atomic E-state index is 0.0330. The van der Waals surface area contributed by atoms with Gasteiger partial charge in [0.05, 0.1) is 6.21 Å². The molecule has 0 fully saturated rings. The molecule has 1 heterocycles. The topological polar surface area (TPSA) is 89.0 Å². The third-order valence-electron chi connectivity index (χ3n) is 4.49. The highest BCUT2D eigenvalue weighted by atomic mass is 79.9. The first-order valence-electron chi connectivity index (χ1n) is 9.65. The third-order valence-corrected chi connectivity index (χ3v) is 5.01. The molecule has 3 aromatic rings. The Labute approximate surface area is 192 Å². The van der Waals surface area contributed by atoms with E-state index in [4.69, 9.17) is 9.47 Å². The number of hydrogen-bond acceptors (Lipinski definition) is 5. The zero-order valence-corrected chi connectivity index (χ0v) is 18.3. The minimum Gasteiger partial charge on any atom is -0.454 e. The van der Waals surface area contributed by atoms with Gasteiger partial charge < -0.3 is 14.8 Å². The van der Waals surface area contributed by atoms with Crippen molar-refractivity contribution in [3.8, 4) is 11.5 Å². The van der Waals surface area contributed by atoms with Gasteiger partial charge in [-0.1, -0.05) is 52.3 Å². The predicted octanol–water partition coefficient (Wildman–Crippen LogP) is 4.10. The molecule has 0 aromatic heterocycles. The molecule has 2 amide bonds. The number of hydrogen-bond donors (Lipinski definition) is 2. The van der Waals surface area contributed by atoms with Gasteiger partial charge >= 0.3 is 0 Å². The van der Waals surface area contributed by atoms with Crippen LogP contribution in [0, 0.1) is 0 Å². The normalized spacial score (nSPS) is 12.6. The molecular formula is C24H18BrN3O4. The fraction of sp³-hybridized carbons (Fsp3) is 0.0417. The Balaban J connectivity index is 1.55. The van der Waals surface area contributed by atoms with E-state index in [1.165, 1.54) is 6.21 Å². The summed E-state index contributed by atoms with van der Waals surface area (Å²) >= 11 is 3.37. The van der Waals surface area contributed by atoms with E-state index >= 15 is 0 Å². The maximum atomic E-state index is 12.8. The smallest absolute Gasteiger partial charge is 0.287 e. The van der Waals surface area contributed by atoms with Crippen LogP contribution in [0.2, 0.25) is 0 Å². The fourth-order valence-corrected chi connectivity index (χ4v) is 3.15. The monoisotopic (exact) mass is 491 g/mol. The second-order valence-corrected chi connectivity index (χ2v) is 7.66. The van der Waals surface area contributed by atoms with Crippen LogP contribution in [0.15, 0.2) is 88.1 Å². The lowest BCUT2D eigenvalue weighted by atomic mass is 10.1. The Morgan fingerprint density at radius 3 is 2.41 bits per heavy atom. The molecular weight excluding hydrogens is 474 g/mol. The number of hydrazone groups is 1. The van der Waals surface area contributed by atoms with Crippen LogP contribution in [0.25, 0.3) is 6.08 Å². The average Bonchev–Trinajstić information content (AvgIpc) is 3.28. The molecule has 0 bridgehead atoms. The van der Waals surface area contributed by atoms with Crippen LogP contribution in [0.4, 0.5) is 0 Å². The lowest BCUT2D eigenvalue weighted by Gasteiger charge is -2.09. The van der Waals surface area contributed by atoms with E-state index in [0.717, 1.165) is 10.0 Å². The molecule has 0 spiro atoms. The van der Waals surface area contributed by atoms with Gasteiger partial charge in [0.15, 0.2) is 11.5 Å². The van der Waals surface area contributed by atoms with Crippen LogP contribution in [-0.2, 0) is 4.79 Å². The quantitative estimate of drug-likeness (QED) is 0.308. The number of carbonyl (C=O) groups excluding carboxylic acids is 2. The van der Waals surface area contributed by atoms with Gasteiger partial charge in [-0.3, -0.25) is 9.59 Å². The predicted molar refractivity (Wildman–Crippen MR) is 124 cm³/mol. The van der Waals surface area contributed by atoms with E-state index in [0.29, 0.717) is 22.6 Å². The average molecular weight is 492 g/mol. The molecule has 7 nitrogen and oxygen atoms in total. The summed E-state index contributed by atoms with van der Waals surface area (Å²) in [6, 6.07) is 21.3. The van der Waals surface area contributed by atoms with E-state index in [2.05, 4.69) is 31.8 Å². The fourth-order valence-electron chi connectivity index (χ4n) is 2.89. The molecule has 1 aliphatic rings. The van der Waals surface area contributed by atoms with E-state index in [-0.39, 0.29) is 12.5 Å². The molecule has 1 aliphatic heterocycles. The molecule has 0 unspecified atom stereocenters. The number of carbonyl (C=O) groups is 2. The number of benzene rings is 3. The highest BCUT2D eigenvalue weighted by Gasteiger charge is 2.16. The first kappa shape index (κ1) is 21.3. The second-order valence-electron chi connectivity index (χ2n) is 6.74. The highest BCUT2D eigenvalue weighted by Crippen LogP contribution is 2.33. The zero-order valence-electron chi connectivity index (χ0n) is 16.7. The number of nitrogens with zero attached hydrogens (tertiary/aromatic N) is 1. The van der Waals surface area contributed by atoms with Gasteiger partial charge in [-0.05, 0) is 53.6 Å². The number of halogens is 1. The molecule has 0 saturated heterocycles. The van der Waals surface area contributed by atoms with E-state index in [1.54, 1.807) is 48.5 Å². The summed E-state index contributed by atoms with van der Waals surface area (Å²) in [7, 11) is 0. The van der Waals surface area contributed by atoms with Crippen molar-refractivity contribution < 1.29 is 19.1 Å². The SMILES string of the molecule is O=C(N/N=C/c1ccc(Br)cc1)/C(=C\c1ccc2c(c1)OCO2)NC(=O)c1ccccc1. The second kappa shape index (κ2) is 9.93. The largest absolute Gasteiger partial charge is 0.454 e. The van der Waals surface area contributed by atoms with Gasteiger partial charge in [-0.15, -0.1) is 0 Å². The molecule has 32 heavy (non-hydrogen) atoms. The third kappa shape index (κ3) is 5.41. The van der Waals surface area contributed by atoms with Gasteiger partial charge in [0.2, 0.25) is 6.79 Å². The number of amides is 2. The van der Waals surface area contributed by atoms with Crippen molar-refractivity contribution in [2.45, 2.75) is 0 Å². The Hall–Kier alpha value is -3.91. The lowest BCUT2D eigenvalue weighted by Crippen LogP contribution is -2.32. The van der Waals surface area contributed by atoms with E-state index < -0.39 is 11.8 Å². The summed E-state index contributed by atoms with van der Waals surface area (Å²) in [5.41, 5.74) is 4.38. The van der Waals surface area contributed by atoms with Crippen LogP contribution in [0.1, 0.15) is 21.5 Å².